The quantitative estimate of drug-likeness (QED) is 0.742. The lowest BCUT2D eigenvalue weighted by Gasteiger charge is -2.27. The predicted octanol–water partition coefficient (Wildman–Crippen LogP) is 2.02. The van der Waals surface area contributed by atoms with Gasteiger partial charge in [0.05, 0.1) is 12.1 Å². The number of carbonyl (C=O) groups excluding carboxylic acids is 3. The maximum Gasteiger partial charge on any atom is 0.410 e. The van der Waals surface area contributed by atoms with E-state index in [0.717, 1.165) is 10.9 Å². The van der Waals surface area contributed by atoms with Crippen LogP contribution in [-0.4, -0.2) is 57.7 Å². The Morgan fingerprint density at radius 2 is 2.04 bits per heavy atom. The van der Waals surface area contributed by atoms with E-state index >= 15 is 0 Å². The molecule has 1 aliphatic rings. The van der Waals surface area contributed by atoms with Crippen molar-refractivity contribution >= 4 is 34.6 Å². The summed E-state index contributed by atoms with van der Waals surface area (Å²) in [5.41, 5.74) is 0.174. The molecule has 0 bridgehead atoms. The van der Waals surface area contributed by atoms with Crippen LogP contribution in [0.1, 0.15) is 33.6 Å². The Balaban J connectivity index is 1.54. The molecule has 1 atom stereocenters. The van der Waals surface area contributed by atoms with Gasteiger partial charge in [-0.15, -0.1) is 0 Å². The van der Waals surface area contributed by atoms with Crippen molar-refractivity contribution in [3.8, 4) is 0 Å². The van der Waals surface area contributed by atoms with Crippen molar-refractivity contribution in [2.45, 2.75) is 45.3 Å². The van der Waals surface area contributed by atoms with E-state index in [1.165, 1.54) is 4.90 Å². The number of rotatable bonds is 4. The first-order chi connectivity index (χ1) is 13.2. The molecule has 28 heavy (non-hydrogen) atoms. The smallest absolute Gasteiger partial charge is 0.410 e. The lowest BCUT2D eigenvalue weighted by Crippen LogP contribution is -2.48. The van der Waals surface area contributed by atoms with Crippen molar-refractivity contribution in [3.63, 3.8) is 0 Å². The Bertz CT molecular complexity index is 886. The maximum atomic E-state index is 12.5. The van der Waals surface area contributed by atoms with Gasteiger partial charge in [0, 0.05) is 11.9 Å². The normalized spacial score (nSPS) is 16.8. The summed E-state index contributed by atoms with van der Waals surface area (Å²) in [6.07, 6.45) is 0.733. The van der Waals surface area contributed by atoms with Crippen molar-refractivity contribution < 1.29 is 19.1 Å². The fourth-order valence-corrected chi connectivity index (χ4v) is 3.10. The maximum absolute atomic E-state index is 12.5. The SMILES string of the molecule is CC(C)(C)OC(=O)N1CCCC1C(=O)NCC(=O)Nc1n[nH]c2ccccc12. The second kappa shape index (κ2) is 7.87. The Morgan fingerprint density at radius 1 is 1.29 bits per heavy atom. The van der Waals surface area contributed by atoms with E-state index < -0.39 is 23.6 Å². The summed E-state index contributed by atoms with van der Waals surface area (Å²) in [6, 6.07) is 6.77. The molecule has 1 aromatic carbocycles. The molecule has 1 aromatic heterocycles. The second-order valence-corrected chi connectivity index (χ2v) is 7.72. The number of ether oxygens (including phenoxy) is 1. The number of benzene rings is 1. The molecular formula is C19H25N5O4. The van der Waals surface area contributed by atoms with E-state index in [9.17, 15) is 14.4 Å². The fourth-order valence-electron chi connectivity index (χ4n) is 3.10. The minimum absolute atomic E-state index is 0.210. The van der Waals surface area contributed by atoms with E-state index in [4.69, 9.17) is 4.74 Å². The van der Waals surface area contributed by atoms with Crippen molar-refractivity contribution in [2.75, 3.05) is 18.4 Å². The first kappa shape index (κ1) is 19.7. The summed E-state index contributed by atoms with van der Waals surface area (Å²) in [5, 5.41) is 13.0. The van der Waals surface area contributed by atoms with Crippen molar-refractivity contribution in [2.24, 2.45) is 0 Å². The first-order valence-electron chi connectivity index (χ1n) is 9.25. The average Bonchev–Trinajstić information content (AvgIpc) is 3.26. The Labute approximate surface area is 162 Å². The zero-order chi connectivity index (χ0) is 20.3. The minimum Gasteiger partial charge on any atom is -0.444 e. The third-order valence-electron chi connectivity index (χ3n) is 4.33. The number of nitrogens with one attached hydrogen (secondary N) is 3. The molecule has 0 aliphatic carbocycles. The van der Waals surface area contributed by atoms with Crippen LogP contribution in [0.5, 0.6) is 0 Å². The molecular weight excluding hydrogens is 362 g/mol. The summed E-state index contributed by atoms with van der Waals surface area (Å²) in [4.78, 5) is 38.4. The van der Waals surface area contributed by atoms with Gasteiger partial charge in [0.15, 0.2) is 5.82 Å². The van der Waals surface area contributed by atoms with Gasteiger partial charge >= 0.3 is 6.09 Å². The Hall–Kier alpha value is -3.10. The molecule has 0 spiro atoms. The molecule has 1 fully saturated rings. The van der Waals surface area contributed by atoms with Crippen molar-refractivity contribution in [3.05, 3.63) is 24.3 Å². The number of para-hydroxylation sites is 1. The van der Waals surface area contributed by atoms with E-state index in [2.05, 4.69) is 20.8 Å². The van der Waals surface area contributed by atoms with E-state index in [1.807, 2.05) is 24.3 Å². The van der Waals surface area contributed by atoms with Crippen LogP contribution in [0.4, 0.5) is 10.6 Å². The van der Waals surface area contributed by atoms with E-state index in [-0.39, 0.29) is 12.5 Å². The molecule has 0 saturated carbocycles. The fraction of sp³-hybridized carbons (Fsp3) is 0.474. The van der Waals surface area contributed by atoms with Gasteiger partial charge in [0.1, 0.15) is 11.6 Å². The van der Waals surface area contributed by atoms with Crippen molar-refractivity contribution in [1.82, 2.24) is 20.4 Å². The molecule has 1 aliphatic heterocycles. The lowest BCUT2D eigenvalue weighted by atomic mass is 10.2. The number of nitrogens with zero attached hydrogens (tertiary/aromatic N) is 2. The van der Waals surface area contributed by atoms with Crippen LogP contribution in [0, 0.1) is 0 Å². The molecule has 1 unspecified atom stereocenters. The first-order valence-corrected chi connectivity index (χ1v) is 9.25. The van der Waals surface area contributed by atoms with Crippen LogP contribution in [0.15, 0.2) is 24.3 Å². The zero-order valence-electron chi connectivity index (χ0n) is 16.2. The molecule has 0 radical (unpaired) electrons. The lowest BCUT2D eigenvalue weighted by molar-refractivity contribution is -0.127. The van der Waals surface area contributed by atoms with Gasteiger partial charge in [0.2, 0.25) is 11.8 Å². The summed E-state index contributed by atoms with van der Waals surface area (Å²) in [6.45, 7) is 5.58. The van der Waals surface area contributed by atoms with Gasteiger partial charge in [-0.3, -0.25) is 19.6 Å². The molecule has 3 N–H and O–H groups in total. The summed E-state index contributed by atoms with van der Waals surface area (Å²) in [5.74, 6) is -0.357. The molecule has 9 nitrogen and oxygen atoms in total. The zero-order valence-corrected chi connectivity index (χ0v) is 16.2. The van der Waals surface area contributed by atoms with E-state index in [1.54, 1.807) is 20.8 Å². The van der Waals surface area contributed by atoms with Gasteiger partial charge in [-0.2, -0.15) is 5.10 Å². The van der Waals surface area contributed by atoms with Gasteiger partial charge in [-0.05, 0) is 45.7 Å². The van der Waals surface area contributed by atoms with Gasteiger partial charge < -0.3 is 15.4 Å². The predicted molar refractivity (Wildman–Crippen MR) is 104 cm³/mol. The average molecular weight is 387 g/mol. The number of fused-ring (bicyclic) bond motifs is 1. The molecule has 2 heterocycles. The number of hydrogen-bond donors (Lipinski definition) is 3. The number of aromatic amines is 1. The van der Waals surface area contributed by atoms with E-state index in [0.29, 0.717) is 25.2 Å². The highest BCUT2D eigenvalue weighted by Gasteiger charge is 2.36. The highest BCUT2D eigenvalue weighted by atomic mass is 16.6. The summed E-state index contributed by atoms with van der Waals surface area (Å²) >= 11 is 0. The molecule has 1 saturated heterocycles. The van der Waals surface area contributed by atoms with Crippen molar-refractivity contribution in [1.29, 1.82) is 0 Å². The van der Waals surface area contributed by atoms with Crippen LogP contribution in [0.25, 0.3) is 10.9 Å². The number of carbonyl (C=O) groups is 3. The van der Waals surface area contributed by atoms with Crippen LogP contribution in [0.3, 0.4) is 0 Å². The highest BCUT2D eigenvalue weighted by molar-refractivity contribution is 6.01. The van der Waals surface area contributed by atoms with Crippen LogP contribution < -0.4 is 10.6 Å². The standard InChI is InChI=1S/C19H25N5O4/c1-19(2,3)28-18(27)24-10-6-9-14(24)17(26)20-11-15(25)21-16-12-7-4-5-8-13(12)22-23-16/h4-5,7-8,14H,6,9-11H2,1-3H3,(H,20,26)(H2,21,22,23,25). The topological polar surface area (TPSA) is 116 Å². The monoisotopic (exact) mass is 387 g/mol. The largest absolute Gasteiger partial charge is 0.444 e. The number of anilines is 1. The Kier molecular flexibility index (Phi) is 5.53. The Morgan fingerprint density at radius 3 is 2.79 bits per heavy atom. The number of amides is 3. The molecule has 2 aromatic rings. The number of aromatic nitrogens is 2. The summed E-state index contributed by atoms with van der Waals surface area (Å²) < 4.78 is 5.35. The third kappa shape index (κ3) is 4.59. The van der Waals surface area contributed by atoms with Gasteiger partial charge in [0.25, 0.3) is 0 Å². The number of hydrogen-bond acceptors (Lipinski definition) is 5. The third-order valence-corrected chi connectivity index (χ3v) is 4.33. The summed E-state index contributed by atoms with van der Waals surface area (Å²) in [7, 11) is 0. The number of likely N-dealkylation sites (tertiary alicyclic amines) is 1. The van der Waals surface area contributed by atoms with Crippen LogP contribution in [-0.2, 0) is 14.3 Å². The van der Waals surface area contributed by atoms with Crippen LogP contribution in [0.2, 0.25) is 0 Å². The van der Waals surface area contributed by atoms with Gasteiger partial charge in [-0.1, -0.05) is 12.1 Å². The second-order valence-electron chi connectivity index (χ2n) is 7.72. The van der Waals surface area contributed by atoms with Crippen LogP contribution >= 0.6 is 0 Å². The van der Waals surface area contributed by atoms with Gasteiger partial charge in [-0.25, -0.2) is 4.79 Å². The molecule has 3 amide bonds. The minimum atomic E-state index is -0.632. The molecule has 3 rings (SSSR count). The molecule has 9 heteroatoms. The highest BCUT2D eigenvalue weighted by Crippen LogP contribution is 2.21. The molecule has 150 valence electrons. The number of H-pyrrole nitrogens is 1.